The van der Waals surface area contributed by atoms with Crippen molar-refractivity contribution in [2.75, 3.05) is 6.54 Å². The number of aromatic nitrogens is 1. The summed E-state index contributed by atoms with van der Waals surface area (Å²) in [6.07, 6.45) is 6.21. The molecule has 3 unspecified atom stereocenters. The summed E-state index contributed by atoms with van der Waals surface area (Å²) in [4.78, 5) is 33.1. The smallest absolute Gasteiger partial charge is 0.344 e. The SMILES string of the molecule is CCC(C)C(=O)NC(C(=O)N1CCCC1c1cncc(-c2cc(C(F)(F)F)ccc2C)c1)C1CCCCC1. The van der Waals surface area contributed by atoms with Gasteiger partial charge in [0.25, 0.3) is 0 Å². The van der Waals surface area contributed by atoms with E-state index in [4.69, 9.17) is 0 Å². The average molecular weight is 530 g/mol. The lowest BCUT2D eigenvalue weighted by molar-refractivity contribution is -0.140. The van der Waals surface area contributed by atoms with Gasteiger partial charge >= 0.3 is 6.18 Å². The molecule has 2 amide bonds. The third kappa shape index (κ3) is 6.21. The Hall–Kier alpha value is -2.90. The quantitative estimate of drug-likeness (QED) is 0.427. The number of benzene rings is 1. The van der Waals surface area contributed by atoms with E-state index in [-0.39, 0.29) is 29.7 Å². The third-order valence-electron chi connectivity index (χ3n) is 8.30. The predicted octanol–water partition coefficient (Wildman–Crippen LogP) is 6.85. The highest BCUT2D eigenvalue weighted by Gasteiger charge is 2.39. The zero-order valence-corrected chi connectivity index (χ0v) is 22.5. The molecular formula is C30H38F3N3O2. The second kappa shape index (κ2) is 11.9. The average Bonchev–Trinajstić information content (AvgIpc) is 3.41. The molecule has 1 N–H and O–H groups in total. The minimum Gasteiger partial charge on any atom is -0.344 e. The Bertz CT molecular complexity index is 1140. The maximum absolute atomic E-state index is 14.0. The fourth-order valence-corrected chi connectivity index (χ4v) is 5.78. The highest BCUT2D eigenvalue weighted by atomic mass is 19.4. The van der Waals surface area contributed by atoms with Gasteiger partial charge in [-0.15, -0.1) is 0 Å². The number of amides is 2. The number of hydrogen-bond acceptors (Lipinski definition) is 3. The molecule has 1 aromatic heterocycles. The van der Waals surface area contributed by atoms with Gasteiger partial charge in [-0.05, 0) is 79.8 Å². The summed E-state index contributed by atoms with van der Waals surface area (Å²) in [7, 11) is 0. The van der Waals surface area contributed by atoms with Crippen molar-refractivity contribution in [3.63, 3.8) is 0 Å². The van der Waals surface area contributed by atoms with Crippen molar-refractivity contribution in [3.8, 4) is 11.1 Å². The molecule has 8 heteroatoms. The first-order chi connectivity index (χ1) is 18.1. The number of alkyl halides is 3. The lowest BCUT2D eigenvalue weighted by atomic mass is 9.83. The molecule has 0 spiro atoms. The topological polar surface area (TPSA) is 62.3 Å². The summed E-state index contributed by atoms with van der Waals surface area (Å²) in [6, 6.07) is 4.81. The van der Waals surface area contributed by atoms with E-state index in [1.165, 1.54) is 6.07 Å². The second-order valence-electron chi connectivity index (χ2n) is 10.9. The van der Waals surface area contributed by atoms with E-state index in [2.05, 4.69) is 10.3 Å². The first kappa shape index (κ1) is 28.1. The van der Waals surface area contributed by atoms with Crippen molar-refractivity contribution in [2.45, 2.75) is 90.4 Å². The first-order valence-corrected chi connectivity index (χ1v) is 13.8. The van der Waals surface area contributed by atoms with E-state index in [1.54, 1.807) is 19.3 Å². The van der Waals surface area contributed by atoms with E-state index in [9.17, 15) is 22.8 Å². The van der Waals surface area contributed by atoms with Gasteiger partial charge in [0.1, 0.15) is 6.04 Å². The number of hydrogen-bond donors (Lipinski definition) is 1. The summed E-state index contributed by atoms with van der Waals surface area (Å²) in [5.41, 5.74) is 1.90. The lowest BCUT2D eigenvalue weighted by Gasteiger charge is -2.35. The molecule has 0 radical (unpaired) electrons. The van der Waals surface area contributed by atoms with Gasteiger partial charge in [-0.3, -0.25) is 14.6 Å². The van der Waals surface area contributed by atoms with Crippen LogP contribution in [0.4, 0.5) is 13.2 Å². The maximum atomic E-state index is 14.0. The number of likely N-dealkylation sites (tertiary alicyclic amines) is 1. The number of halogens is 3. The molecule has 2 aliphatic rings. The van der Waals surface area contributed by atoms with Crippen molar-refractivity contribution < 1.29 is 22.8 Å². The van der Waals surface area contributed by atoms with Crippen LogP contribution in [0, 0.1) is 18.8 Å². The number of aryl methyl sites for hydroxylation is 1. The molecule has 4 rings (SSSR count). The van der Waals surface area contributed by atoms with Crippen molar-refractivity contribution >= 4 is 11.8 Å². The van der Waals surface area contributed by atoms with Crippen LogP contribution in [0.3, 0.4) is 0 Å². The number of nitrogens with one attached hydrogen (secondary N) is 1. The molecule has 1 saturated heterocycles. The van der Waals surface area contributed by atoms with Crippen molar-refractivity contribution in [1.29, 1.82) is 0 Å². The Kier molecular flexibility index (Phi) is 8.78. The van der Waals surface area contributed by atoms with Crippen LogP contribution in [0.25, 0.3) is 11.1 Å². The summed E-state index contributed by atoms with van der Waals surface area (Å²) < 4.78 is 40.1. The molecule has 2 aromatic rings. The first-order valence-electron chi connectivity index (χ1n) is 13.8. The van der Waals surface area contributed by atoms with Gasteiger partial charge in [-0.25, -0.2) is 0 Å². The molecule has 38 heavy (non-hydrogen) atoms. The van der Waals surface area contributed by atoms with Gasteiger partial charge in [0.2, 0.25) is 11.8 Å². The van der Waals surface area contributed by atoms with Crippen LogP contribution < -0.4 is 5.32 Å². The zero-order valence-electron chi connectivity index (χ0n) is 22.5. The predicted molar refractivity (Wildman–Crippen MR) is 141 cm³/mol. The molecule has 5 nitrogen and oxygen atoms in total. The number of nitrogens with zero attached hydrogens (tertiary/aromatic N) is 2. The third-order valence-corrected chi connectivity index (χ3v) is 8.30. The number of pyridine rings is 1. The Labute approximate surface area is 223 Å². The highest BCUT2D eigenvalue weighted by molar-refractivity contribution is 5.89. The fourth-order valence-electron chi connectivity index (χ4n) is 5.78. The maximum Gasteiger partial charge on any atom is 0.416 e. The Balaban J connectivity index is 1.62. The molecule has 3 atom stereocenters. The summed E-state index contributed by atoms with van der Waals surface area (Å²) in [5, 5.41) is 3.10. The number of rotatable bonds is 7. The van der Waals surface area contributed by atoms with Gasteiger partial charge < -0.3 is 10.2 Å². The Morgan fingerprint density at radius 3 is 2.50 bits per heavy atom. The normalized spacial score (nSPS) is 20.3. The summed E-state index contributed by atoms with van der Waals surface area (Å²) >= 11 is 0. The molecule has 2 heterocycles. The zero-order chi connectivity index (χ0) is 27.4. The van der Waals surface area contributed by atoms with E-state index in [1.807, 2.05) is 24.8 Å². The van der Waals surface area contributed by atoms with Crippen LogP contribution in [0.2, 0.25) is 0 Å². The van der Waals surface area contributed by atoms with Gasteiger partial charge in [-0.2, -0.15) is 13.2 Å². The van der Waals surface area contributed by atoms with Gasteiger partial charge in [0.15, 0.2) is 0 Å². The largest absolute Gasteiger partial charge is 0.416 e. The fraction of sp³-hybridized carbons (Fsp3) is 0.567. The molecule has 1 aliphatic carbocycles. The van der Waals surface area contributed by atoms with Crippen LogP contribution in [0.15, 0.2) is 36.7 Å². The minimum absolute atomic E-state index is 0.0586. The summed E-state index contributed by atoms with van der Waals surface area (Å²) in [5.74, 6) is -0.199. The second-order valence-corrected chi connectivity index (χ2v) is 10.9. The molecule has 1 aromatic carbocycles. The Morgan fingerprint density at radius 1 is 1.08 bits per heavy atom. The molecule has 206 valence electrons. The lowest BCUT2D eigenvalue weighted by Crippen LogP contribution is -2.53. The minimum atomic E-state index is -4.43. The molecule has 1 saturated carbocycles. The van der Waals surface area contributed by atoms with E-state index >= 15 is 0 Å². The van der Waals surface area contributed by atoms with E-state index in [0.717, 1.165) is 68.2 Å². The standard InChI is InChI=1S/C30H38F3N3O2/c1-4-19(2)28(37)35-27(21-9-6-5-7-10-21)29(38)36-14-8-11-26(36)23-15-22(17-34-18-23)25-16-24(30(31,32)33)13-12-20(25)3/h12-13,15-19,21,26-27H,4-11,14H2,1-3H3,(H,35,37). The van der Waals surface area contributed by atoms with Crippen LogP contribution in [-0.4, -0.2) is 34.3 Å². The van der Waals surface area contributed by atoms with Crippen molar-refractivity contribution in [1.82, 2.24) is 15.2 Å². The van der Waals surface area contributed by atoms with Crippen molar-refractivity contribution in [3.05, 3.63) is 53.3 Å². The molecule has 2 fully saturated rings. The van der Waals surface area contributed by atoms with Crippen molar-refractivity contribution in [2.24, 2.45) is 11.8 Å². The van der Waals surface area contributed by atoms with Crippen LogP contribution in [0.1, 0.15) is 87.9 Å². The Morgan fingerprint density at radius 2 is 1.82 bits per heavy atom. The number of carbonyl (C=O) groups is 2. The van der Waals surface area contributed by atoms with Gasteiger partial charge in [0, 0.05) is 30.4 Å². The molecule has 1 aliphatic heterocycles. The van der Waals surface area contributed by atoms with E-state index in [0.29, 0.717) is 24.1 Å². The van der Waals surface area contributed by atoms with Gasteiger partial charge in [-0.1, -0.05) is 39.2 Å². The van der Waals surface area contributed by atoms with Crippen LogP contribution >= 0.6 is 0 Å². The van der Waals surface area contributed by atoms with Gasteiger partial charge in [0.05, 0.1) is 11.6 Å². The molecular weight excluding hydrogens is 491 g/mol. The van der Waals surface area contributed by atoms with Crippen LogP contribution in [-0.2, 0) is 15.8 Å². The molecule has 0 bridgehead atoms. The summed E-state index contributed by atoms with van der Waals surface area (Å²) in [6.45, 7) is 6.20. The monoisotopic (exact) mass is 529 g/mol. The van der Waals surface area contributed by atoms with E-state index < -0.39 is 17.8 Å². The van der Waals surface area contributed by atoms with Crippen LogP contribution in [0.5, 0.6) is 0 Å². The number of carbonyl (C=O) groups excluding carboxylic acids is 2. The highest BCUT2D eigenvalue weighted by Crippen LogP contribution is 2.38.